The molecule has 0 atom stereocenters. The molecule has 0 amide bonds. The van der Waals surface area contributed by atoms with Crippen molar-refractivity contribution in [2.75, 3.05) is 0 Å². The lowest BCUT2D eigenvalue weighted by atomic mass is 10.2. The van der Waals surface area contributed by atoms with E-state index in [0.29, 0.717) is 18.2 Å². The molecule has 0 saturated carbocycles. The van der Waals surface area contributed by atoms with Crippen molar-refractivity contribution in [3.63, 3.8) is 0 Å². The second-order valence-electron chi connectivity index (χ2n) is 5.46. The summed E-state index contributed by atoms with van der Waals surface area (Å²) in [6.45, 7) is 4.79. The lowest BCUT2D eigenvalue weighted by Gasteiger charge is -2.09. The van der Waals surface area contributed by atoms with E-state index in [1.54, 1.807) is 23.9 Å². The molecular formula is C19H17BrClN3OS. The fraction of sp³-hybridized carbons (Fsp3) is 0.158. The van der Waals surface area contributed by atoms with Gasteiger partial charge in [-0.05, 0) is 42.0 Å². The van der Waals surface area contributed by atoms with Gasteiger partial charge in [-0.15, -0.1) is 16.8 Å². The number of allylic oxidation sites excluding steroid dienone is 1. The van der Waals surface area contributed by atoms with Crippen LogP contribution >= 0.6 is 39.3 Å². The van der Waals surface area contributed by atoms with Crippen molar-refractivity contribution in [1.82, 2.24) is 14.8 Å². The van der Waals surface area contributed by atoms with Crippen LogP contribution in [-0.4, -0.2) is 14.8 Å². The van der Waals surface area contributed by atoms with Crippen LogP contribution in [0, 0.1) is 0 Å². The van der Waals surface area contributed by atoms with Crippen LogP contribution in [0.5, 0.6) is 5.75 Å². The van der Waals surface area contributed by atoms with Crippen molar-refractivity contribution in [2.45, 2.75) is 24.1 Å². The minimum absolute atomic E-state index is 0.333. The standard InChI is InChI=1S/C19H17BrClN3OS/c1-2-10-24-18(12-25-17-8-6-16(21)7-9-17)22-23-19(24)26-13-14-4-3-5-15(20)11-14/h2-9,11H,1,10,12-13H2. The van der Waals surface area contributed by atoms with Gasteiger partial charge in [0.1, 0.15) is 12.4 Å². The first-order valence-electron chi connectivity index (χ1n) is 7.94. The normalized spacial score (nSPS) is 10.7. The van der Waals surface area contributed by atoms with Crippen molar-refractivity contribution < 1.29 is 4.74 Å². The molecule has 4 nitrogen and oxygen atoms in total. The molecule has 134 valence electrons. The van der Waals surface area contributed by atoms with Crippen molar-refractivity contribution in [3.8, 4) is 5.75 Å². The van der Waals surface area contributed by atoms with Gasteiger partial charge in [0, 0.05) is 21.8 Å². The third kappa shape index (κ3) is 5.13. The molecule has 0 aliphatic heterocycles. The molecule has 0 radical (unpaired) electrons. The maximum absolute atomic E-state index is 5.89. The maximum Gasteiger partial charge on any atom is 0.191 e. The molecule has 3 rings (SSSR count). The monoisotopic (exact) mass is 449 g/mol. The van der Waals surface area contributed by atoms with Gasteiger partial charge in [-0.1, -0.05) is 57.5 Å². The highest BCUT2D eigenvalue weighted by Crippen LogP contribution is 2.24. The Balaban J connectivity index is 1.68. The number of ether oxygens (including phenoxy) is 1. The van der Waals surface area contributed by atoms with Crippen LogP contribution in [0.25, 0.3) is 0 Å². The van der Waals surface area contributed by atoms with E-state index < -0.39 is 0 Å². The van der Waals surface area contributed by atoms with Gasteiger partial charge in [0.15, 0.2) is 11.0 Å². The molecular weight excluding hydrogens is 434 g/mol. The first-order valence-corrected chi connectivity index (χ1v) is 10.1. The van der Waals surface area contributed by atoms with Gasteiger partial charge in [0.05, 0.1) is 0 Å². The lowest BCUT2D eigenvalue weighted by Crippen LogP contribution is -2.07. The number of nitrogens with zero attached hydrogens (tertiary/aromatic N) is 3. The number of rotatable bonds is 8. The highest BCUT2D eigenvalue weighted by Gasteiger charge is 2.12. The van der Waals surface area contributed by atoms with Crippen LogP contribution in [0.2, 0.25) is 5.02 Å². The minimum atomic E-state index is 0.333. The zero-order valence-corrected chi connectivity index (χ0v) is 17.1. The third-order valence-electron chi connectivity index (χ3n) is 3.54. The van der Waals surface area contributed by atoms with Gasteiger partial charge in [-0.2, -0.15) is 0 Å². The molecule has 1 aromatic heterocycles. The van der Waals surface area contributed by atoms with Crippen LogP contribution in [0.3, 0.4) is 0 Å². The van der Waals surface area contributed by atoms with Crippen LogP contribution in [0.1, 0.15) is 11.4 Å². The molecule has 26 heavy (non-hydrogen) atoms. The Morgan fingerprint density at radius 1 is 1.19 bits per heavy atom. The second kappa shape index (κ2) is 9.26. The number of benzene rings is 2. The summed E-state index contributed by atoms with van der Waals surface area (Å²) in [5.41, 5.74) is 1.22. The van der Waals surface area contributed by atoms with E-state index in [9.17, 15) is 0 Å². The molecule has 7 heteroatoms. The zero-order valence-electron chi connectivity index (χ0n) is 13.9. The summed E-state index contributed by atoms with van der Waals surface area (Å²) in [5, 5.41) is 10.1. The third-order valence-corrected chi connectivity index (χ3v) is 5.33. The van der Waals surface area contributed by atoms with E-state index in [1.165, 1.54) is 5.56 Å². The van der Waals surface area contributed by atoms with Crippen LogP contribution in [0.15, 0.2) is 70.8 Å². The second-order valence-corrected chi connectivity index (χ2v) is 7.75. The van der Waals surface area contributed by atoms with Gasteiger partial charge in [0.25, 0.3) is 0 Å². The number of thioether (sulfide) groups is 1. The zero-order chi connectivity index (χ0) is 18.4. The fourth-order valence-corrected chi connectivity index (χ4v) is 3.78. The molecule has 0 N–H and O–H groups in total. The Labute approximate surface area is 170 Å². The van der Waals surface area contributed by atoms with E-state index in [2.05, 4.69) is 44.8 Å². The molecule has 0 spiro atoms. The first kappa shape index (κ1) is 19.0. The summed E-state index contributed by atoms with van der Waals surface area (Å²) in [6, 6.07) is 15.5. The topological polar surface area (TPSA) is 39.9 Å². The SMILES string of the molecule is C=CCn1c(COc2ccc(Cl)cc2)nnc1SCc1cccc(Br)c1. The molecule has 2 aromatic carbocycles. The highest BCUT2D eigenvalue weighted by molar-refractivity contribution is 9.10. The van der Waals surface area contributed by atoms with Crippen LogP contribution in [0.4, 0.5) is 0 Å². The minimum Gasteiger partial charge on any atom is -0.486 e. The number of aromatic nitrogens is 3. The Hall–Kier alpha value is -1.76. The summed E-state index contributed by atoms with van der Waals surface area (Å²) in [5.74, 6) is 2.31. The Morgan fingerprint density at radius 2 is 2.00 bits per heavy atom. The Bertz CT molecular complexity index is 883. The molecule has 0 fully saturated rings. The van der Waals surface area contributed by atoms with Crippen molar-refractivity contribution >= 4 is 39.3 Å². The molecule has 0 bridgehead atoms. The molecule has 0 unspecified atom stereocenters. The lowest BCUT2D eigenvalue weighted by molar-refractivity contribution is 0.289. The largest absolute Gasteiger partial charge is 0.486 e. The smallest absolute Gasteiger partial charge is 0.191 e. The molecule has 0 aliphatic rings. The summed E-state index contributed by atoms with van der Waals surface area (Å²) in [6.07, 6.45) is 1.83. The van der Waals surface area contributed by atoms with Crippen molar-refractivity contribution in [3.05, 3.63) is 82.1 Å². The van der Waals surface area contributed by atoms with E-state index in [4.69, 9.17) is 16.3 Å². The predicted molar refractivity (Wildman–Crippen MR) is 110 cm³/mol. The van der Waals surface area contributed by atoms with Gasteiger partial charge in [-0.3, -0.25) is 4.57 Å². The quantitative estimate of drug-likeness (QED) is 0.323. The number of hydrogen-bond donors (Lipinski definition) is 0. The van der Waals surface area contributed by atoms with Crippen LogP contribution in [-0.2, 0) is 18.9 Å². The first-order chi connectivity index (χ1) is 12.7. The summed E-state index contributed by atoms with van der Waals surface area (Å²) < 4.78 is 8.88. The predicted octanol–water partition coefficient (Wildman–Crippen LogP) is 5.75. The van der Waals surface area contributed by atoms with Gasteiger partial charge in [0.2, 0.25) is 0 Å². The maximum atomic E-state index is 5.89. The van der Waals surface area contributed by atoms with Crippen molar-refractivity contribution in [1.29, 1.82) is 0 Å². The van der Waals surface area contributed by atoms with Gasteiger partial charge < -0.3 is 4.74 Å². The Kier molecular flexibility index (Phi) is 6.77. The summed E-state index contributed by atoms with van der Waals surface area (Å²) in [4.78, 5) is 0. The van der Waals surface area contributed by atoms with Gasteiger partial charge >= 0.3 is 0 Å². The molecule has 0 saturated heterocycles. The highest BCUT2D eigenvalue weighted by atomic mass is 79.9. The average Bonchev–Trinajstić information content (AvgIpc) is 3.02. The molecule has 1 heterocycles. The molecule has 0 aliphatic carbocycles. The van der Waals surface area contributed by atoms with Crippen LogP contribution < -0.4 is 4.74 Å². The fourth-order valence-electron chi connectivity index (χ4n) is 2.30. The summed E-state index contributed by atoms with van der Waals surface area (Å²) in [7, 11) is 0. The number of halogens is 2. The van der Waals surface area contributed by atoms with E-state index in [1.807, 2.05) is 34.9 Å². The van der Waals surface area contributed by atoms with E-state index >= 15 is 0 Å². The van der Waals surface area contributed by atoms with E-state index in [0.717, 1.165) is 27.0 Å². The summed E-state index contributed by atoms with van der Waals surface area (Å²) >= 11 is 11.0. The van der Waals surface area contributed by atoms with Gasteiger partial charge in [-0.25, -0.2) is 0 Å². The van der Waals surface area contributed by atoms with Crippen molar-refractivity contribution in [2.24, 2.45) is 0 Å². The van der Waals surface area contributed by atoms with E-state index in [-0.39, 0.29) is 0 Å². The number of hydrogen-bond acceptors (Lipinski definition) is 4. The Morgan fingerprint density at radius 3 is 2.73 bits per heavy atom. The average molecular weight is 451 g/mol. The molecule has 3 aromatic rings.